The molecule has 11 nitrogen and oxygen atoms in total. The summed E-state index contributed by atoms with van der Waals surface area (Å²) in [6, 6.07) is 17.0. The Morgan fingerprint density at radius 1 is 0.561 bits per heavy atom. The lowest BCUT2D eigenvalue weighted by Crippen LogP contribution is -2.30. The lowest BCUT2D eigenvalue weighted by molar-refractivity contribution is -0.161. The fourth-order valence-corrected chi connectivity index (χ4v) is 10.7. The minimum Gasteiger partial charge on any atom is -0.462 e. The zero-order chi connectivity index (χ0) is 47.3. The predicted molar refractivity (Wildman–Crippen MR) is 269 cm³/mol. The van der Waals surface area contributed by atoms with E-state index < -0.39 is 49.1 Å². The van der Waals surface area contributed by atoms with Crippen LogP contribution in [-0.2, 0) is 42.7 Å². The molecular weight excluding hydrogens is 874 g/mol. The minimum absolute atomic E-state index is 0.0868. The number of hydrogen-bond acceptors (Lipinski definition) is 9. The second-order valence-electron chi connectivity index (χ2n) is 18.2. The molecule has 0 saturated carbocycles. The molecule has 0 heterocycles. The molecule has 0 bridgehead atoms. The van der Waals surface area contributed by atoms with Crippen LogP contribution in [0.5, 0.6) is 0 Å². The second kappa shape index (κ2) is 31.8. The van der Waals surface area contributed by atoms with Crippen LogP contribution in [0.4, 0.5) is 0 Å². The van der Waals surface area contributed by atoms with Crippen LogP contribution < -0.4 is 4.72 Å². The van der Waals surface area contributed by atoms with E-state index in [0.717, 1.165) is 65.5 Å². The van der Waals surface area contributed by atoms with Gasteiger partial charge in [0.25, 0.3) is 0 Å². The van der Waals surface area contributed by atoms with E-state index in [0.29, 0.717) is 18.2 Å². The Kier molecular flexibility index (Phi) is 26.8. The molecule has 66 heavy (non-hydrogen) atoms. The Labute approximate surface area is 396 Å². The van der Waals surface area contributed by atoms with Gasteiger partial charge in [-0.05, 0) is 45.8 Å². The molecule has 370 valence electrons. The van der Waals surface area contributed by atoms with Gasteiger partial charge in [-0.1, -0.05) is 216 Å². The van der Waals surface area contributed by atoms with E-state index in [9.17, 15) is 27.5 Å². The van der Waals surface area contributed by atoms with Crippen LogP contribution in [0.2, 0.25) is 0 Å². The third-order valence-corrected chi connectivity index (χ3v) is 15.1. The number of carbonyl (C=O) groups is 2. The Balaban J connectivity index is 1.18. The number of esters is 2. The van der Waals surface area contributed by atoms with Crippen LogP contribution >= 0.6 is 7.82 Å². The van der Waals surface area contributed by atoms with E-state index in [1.807, 2.05) is 36.4 Å². The highest BCUT2D eigenvalue weighted by Crippen LogP contribution is 2.43. The van der Waals surface area contributed by atoms with Crippen LogP contribution in [0.15, 0.2) is 59.5 Å². The number of sulfonamides is 1. The molecule has 0 radical (unpaired) electrons. The first kappa shape index (κ1) is 55.5. The van der Waals surface area contributed by atoms with Gasteiger partial charge in [0.1, 0.15) is 6.61 Å². The molecule has 4 rings (SSSR count). The number of hydrogen-bond donors (Lipinski definition) is 2. The fraction of sp³-hybridized carbons (Fsp3) is 0.660. The van der Waals surface area contributed by atoms with Gasteiger partial charge < -0.3 is 14.4 Å². The number of carbonyl (C=O) groups excluding carboxylic acids is 2. The average Bonchev–Trinajstić information content (AvgIpc) is 3.31. The molecule has 0 aliphatic rings. The van der Waals surface area contributed by atoms with Gasteiger partial charge in [-0.25, -0.2) is 17.7 Å². The van der Waals surface area contributed by atoms with Crippen molar-refractivity contribution in [2.75, 3.05) is 26.4 Å². The number of phosphoric acid groups is 1. The number of phosphoric ester groups is 1. The number of benzene rings is 4. The fourth-order valence-electron chi connectivity index (χ4n) is 8.77. The highest BCUT2D eigenvalue weighted by molar-refractivity contribution is 7.89. The summed E-state index contributed by atoms with van der Waals surface area (Å²) >= 11 is 0. The number of nitrogens with one attached hydrogen (secondary N) is 1. The number of ether oxygens (including phenoxy) is 2. The molecule has 1 unspecified atom stereocenters. The van der Waals surface area contributed by atoms with Crippen molar-refractivity contribution in [2.45, 2.75) is 205 Å². The lowest BCUT2D eigenvalue weighted by Gasteiger charge is -2.20. The van der Waals surface area contributed by atoms with E-state index in [1.165, 1.54) is 116 Å². The molecule has 0 saturated heterocycles. The van der Waals surface area contributed by atoms with E-state index in [4.69, 9.17) is 18.5 Å². The normalized spacial score (nSPS) is 13.4. The molecule has 13 heteroatoms. The van der Waals surface area contributed by atoms with Gasteiger partial charge in [-0.2, -0.15) is 0 Å². The molecule has 4 aromatic rings. The maximum atomic E-state index is 13.5. The van der Waals surface area contributed by atoms with Crippen molar-refractivity contribution in [3.05, 3.63) is 54.6 Å². The monoisotopic (exact) mass is 956 g/mol. The van der Waals surface area contributed by atoms with Gasteiger partial charge in [0.2, 0.25) is 10.0 Å². The third kappa shape index (κ3) is 21.0. The highest BCUT2D eigenvalue weighted by Gasteiger charge is 2.27. The molecule has 2 atom stereocenters. The molecule has 2 N–H and O–H groups in total. The molecule has 0 amide bonds. The number of rotatable bonds is 40. The first-order valence-electron chi connectivity index (χ1n) is 25.7. The van der Waals surface area contributed by atoms with Crippen LogP contribution in [0.25, 0.3) is 32.3 Å². The summed E-state index contributed by atoms with van der Waals surface area (Å²) in [6.45, 7) is 2.80. The van der Waals surface area contributed by atoms with Crippen LogP contribution in [0.3, 0.4) is 0 Å². The van der Waals surface area contributed by atoms with E-state index in [2.05, 4.69) is 18.6 Å². The number of unbranched alkanes of at least 4 members (excludes halogenated alkanes) is 24. The molecule has 4 aromatic carbocycles. The zero-order valence-corrected chi connectivity index (χ0v) is 42.1. The van der Waals surface area contributed by atoms with Crippen molar-refractivity contribution in [1.82, 2.24) is 4.72 Å². The van der Waals surface area contributed by atoms with Gasteiger partial charge in [-0.3, -0.25) is 18.6 Å². The average molecular weight is 956 g/mol. The van der Waals surface area contributed by atoms with E-state index in [-0.39, 0.29) is 30.9 Å². The summed E-state index contributed by atoms with van der Waals surface area (Å²) in [4.78, 5) is 36.2. The van der Waals surface area contributed by atoms with Crippen molar-refractivity contribution in [1.29, 1.82) is 0 Å². The summed E-state index contributed by atoms with van der Waals surface area (Å²) in [6.07, 6.45) is 30.1. The predicted octanol–water partition coefficient (Wildman–Crippen LogP) is 14.4. The third-order valence-electron chi connectivity index (χ3n) is 12.5. The molecule has 0 aromatic heterocycles. The minimum atomic E-state index is -4.73. The quantitative estimate of drug-likeness (QED) is 0.0190. The smallest absolute Gasteiger partial charge is 0.462 e. The Morgan fingerprint density at radius 2 is 1.00 bits per heavy atom. The first-order chi connectivity index (χ1) is 32.0. The van der Waals surface area contributed by atoms with Crippen LogP contribution in [0, 0.1) is 0 Å². The van der Waals surface area contributed by atoms with Gasteiger partial charge in [0.15, 0.2) is 6.10 Å². The Hall–Kier alpha value is -3.12. The Bertz CT molecular complexity index is 2110. The van der Waals surface area contributed by atoms with E-state index in [1.54, 1.807) is 18.2 Å². The summed E-state index contributed by atoms with van der Waals surface area (Å²) in [5.41, 5.74) is 0. The van der Waals surface area contributed by atoms with Crippen molar-refractivity contribution in [3.63, 3.8) is 0 Å². The molecule has 0 fully saturated rings. The zero-order valence-electron chi connectivity index (χ0n) is 40.4. The SMILES string of the molecule is CCCCCCCCCCCCCCCC(=O)OC[C@H](COP(=O)(O)OCCNS(=O)(=O)c1ccc2ccc3cccc4ccc1c2c34)OC(=O)CCCCCCCCCCCCCCC. The molecule has 0 spiro atoms. The lowest BCUT2D eigenvalue weighted by atomic mass is 9.94. The summed E-state index contributed by atoms with van der Waals surface area (Å²) in [5, 5.41) is 5.34. The standard InChI is InChI=1S/C53H82NO10PS/c1-3-5-7-9-11-13-15-17-19-21-23-25-27-32-50(55)61-42-47(64-51(56)33-28-26-24-22-20-18-16-14-12-10-8-6-4-2)43-63-65(57,58)62-41-40-54-66(59,60)49-39-37-46-35-34-44-30-29-31-45-36-38-48(49)53(46)52(44)45/h29-31,34-39,47,54H,3-28,32-33,40-43H2,1-2H3,(H,57,58)/t47-/m1/s1. The topological polar surface area (TPSA) is 155 Å². The molecule has 0 aliphatic carbocycles. The second-order valence-corrected chi connectivity index (χ2v) is 21.4. The van der Waals surface area contributed by atoms with E-state index >= 15 is 0 Å². The van der Waals surface area contributed by atoms with Gasteiger partial charge >= 0.3 is 19.8 Å². The maximum Gasteiger partial charge on any atom is 0.472 e. The molecule has 0 aliphatic heterocycles. The van der Waals surface area contributed by atoms with Crippen LogP contribution in [0.1, 0.15) is 194 Å². The van der Waals surface area contributed by atoms with Crippen molar-refractivity contribution < 1.29 is 46.0 Å². The maximum absolute atomic E-state index is 13.5. The summed E-state index contributed by atoms with van der Waals surface area (Å²) in [5.74, 6) is -0.940. The summed E-state index contributed by atoms with van der Waals surface area (Å²) in [7, 11) is -8.78. The van der Waals surface area contributed by atoms with Gasteiger partial charge in [-0.15, -0.1) is 0 Å². The van der Waals surface area contributed by atoms with Gasteiger partial charge in [0.05, 0.1) is 18.1 Å². The van der Waals surface area contributed by atoms with Crippen molar-refractivity contribution >= 4 is 62.1 Å². The van der Waals surface area contributed by atoms with Crippen LogP contribution in [-0.4, -0.2) is 57.7 Å². The van der Waals surface area contributed by atoms with Gasteiger partial charge in [0, 0.05) is 24.8 Å². The van der Waals surface area contributed by atoms with Crippen molar-refractivity contribution in [3.8, 4) is 0 Å². The molecular formula is C53H82NO10PS. The first-order valence-corrected chi connectivity index (χ1v) is 28.7. The summed E-state index contributed by atoms with van der Waals surface area (Å²) < 4.78 is 63.9. The Morgan fingerprint density at radius 3 is 1.52 bits per heavy atom. The highest BCUT2D eigenvalue weighted by atomic mass is 32.2. The largest absolute Gasteiger partial charge is 0.472 e. The van der Waals surface area contributed by atoms with Crippen molar-refractivity contribution in [2.24, 2.45) is 0 Å².